The van der Waals surface area contributed by atoms with Crippen molar-refractivity contribution in [3.8, 4) is 17.2 Å². The third-order valence-corrected chi connectivity index (χ3v) is 7.22. The molecule has 1 heterocycles. The van der Waals surface area contributed by atoms with Crippen molar-refractivity contribution in [3.05, 3.63) is 95.9 Å². The van der Waals surface area contributed by atoms with Gasteiger partial charge >= 0.3 is 0 Å². The van der Waals surface area contributed by atoms with Crippen molar-refractivity contribution in [1.29, 1.82) is 5.26 Å². The molecule has 0 fully saturated rings. The number of nitrogens with one attached hydrogen (secondary N) is 3. The zero-order chi connectivity index (χ0) is 24.6. The Bertz CT molecular complexity index is 1360. The predicted octanol–water partition coefficient (Wildman–Crippen LogP) is 7.21. The molecule has 1 unspecified atom stereocenters. The van der Waals surface area contributed by atoms with Crippen LogP contribution in [0, 0.1) is 11.3 Å². The molecule has 0 saturated heterocycles. The van der Waals surface area contributed by atoms with E-state index in [1.54, 1.807) is 0 Å². The standard InChI is InChI=1S/C27H22N4OS3/c1-18(25(32)31-26-23(16-28)24(17-34-26)19-9-4-2-5-10-19)35-22-14-8-13-21(15-22)30-27(33)29-20-11-6-3-7-12-20/h2-15,17-18H,1H3,(H,31,32)(H2,29,30,33). The number of hydrogen-bond acceptors (Lipinski definition) is 5. The van der Waals surface area contributed by atoms with Gasteiger partial charge in [0, 0.05) is 27.2 Å². The summed E-state index contributed by atoms with van der Waals surface area (Å²) in [4.78, 5) is 13.8. The quantitative estimate of drug-likeness (QED) is 0.179. The highest BCUT2D eigenvalue weighted by Gasteiger charge is 2.19. The van der Waals surface area contributed by atoms with E-state index in [2.05, 4.69) is 22.0 Å². The number of amides is 1. The zero-order valence-electron chi connectivity index (χ0n) is 18.8. The molecule has 0 aliphatic carbocycles. The van der Waals surface area contributed by atoms with Crippen LogP contribution >= 0.6 is 35.3 Å². The van der Waals surface area contributed by atoms with E-state index in [0.29, 0.717) is 15.7 Å². The number of thiophene rings is 1. The number of anilines is 3. The Morgan fingerprint density at radius 1 is 0.943 bits per heavy atom. The van der Waals surface area contributed by atoms with Gasteiger partial charge in [-0.15, -0.1) is 23.1 Å². The van der Waals surface area contributed by atoms with Crippen molar-refractivity contribution >= 4 is 62.7 Å². The van der Waals surface area contributed by atoms with E-state index >= 15 is 0 Å². The van der Waals surface area contributed by atoms with E-state index in [9.17, 15) is 10.1 Å². The molecule has 4 aromatic rings. The Morgan fingerprint density at radius 2 is 1.60 bits per heavy atom. The second-order valence-corrected chi connectivity index (χ2v) is 10.3. The smallest absolute Gasteiger partial charge is 0.238 e. The van der Waals surface area contributed by atoms with Gasteiger partial charge in [-0.2, -0.15) is 5.26 Å². The second-order valence-electron chi connectivity index (χ2n) is 7.55. The van der Waals surface area contributed by atoms with E-state index in [0.717, 1.165) is 27.4 Å². The van der Waals surface area contributed by atoms with E-state index in [-0.39, 0.29) is 11.2 Å². The third kappa shape index (κ3) is 6.49. The number of rotatable bonds is 7. The van der Waals surface area contributed by atoms with Crippen molar-refractivity contribution in [2.24, 2.45) is 0 Å². The number of benzene rings is 3. The molecule has 3 aromatic carbocycles. The van der Waals surface area contributed by atoms with Gasteiger partial charge < -0.3 is 16.0 Å². The summed E-state index contributed by atoms with van der Waals surface area (Å²) < 4.78 is 0. The van der Waals surface area contributed by atoms with Crippen molar-refractivity contribution in [1.82, 2.24) is 0 Å². The molecule has 5 nitrogen and oxygen atoms in total. The Balaban J connectivity index is 1.38. The number of carbonyl (C=O) groups is 1. The molecule has 1 amide bonds. The SMILES string of the molecule is CC(Sc1cccc(NC(=S)Nc2ccccc2)c1)C(=O)Nc1scc(-c2ccccc2)c1C#N. The Kier molecular flexibility index (Phi) is 8.16. The average molecular weight is 515 g/mol. The summed E-state index contributed by atoms with van der Waals surface area (Å²) in [6.45, 7) is 1.85. The van der Waals surface area contributed by atoms with Gasteiger partial charge in [0.05, 0.1) is 10.8 Å². The maximum atomic E-state index is 12.9. The lowest BCUT2D eigenvalue weighted by Gasteiger charge is -2.14. The molecule has 1 atom stereocenters. The highest BCUT2D eigenvalue weighted by atomic mass is 32.2. The lowest BCUT2D eigenvalue weighted by Crippen LogP contribution is -2.22. The fourth-order valence-corrected chi connectivity index (χ4v) is 5.41. The van der Waals surface area contributed by atoms with Gasteiger partial charge in [0.2, 0.25) is 5.91 Å². The van der Waals surface area contributed by atoms with E-state index < -0.39 is 0 Å². The molecule has 3 N–H and O–H groups in total. The van der Waals surface area contributed by atoms with E-state index in [1.165, 1.54) is 23.1 Å². The van der Waals surface area contributed by atoms with Gasteiger partial charge in [-0.3, -0.25) is 4.79 Å². The van der Waals surface area contributed by atoms with Crippen LogP contribution in [0.3, 0.4) is 0 Å². The molecule has 35 heavy (non-hydrogen) atoms. The Labute approximate surface area is 218 Å². The van der Waals surface area contributed by atoms with Crippen LogP contribution in [0.1, 0.15) is 12.5 Å². The van der Waals surface area contributed by atoms with Gasteiger partial charge in [-0.05, 0) is 55.0 Å². The maximum absolute atomic E-state index is 12.9. The maximum Gasteiger partial charge on any atom is 0.238 e. The first-order valence-corrected chi connectivity index (χ1v) is 13.0. The predicted molar refractivity (Wildman–Crippen MR) is 151 cm³/mol. The molecule has 0 radical (unpaired) electrons. The highest BCUT2D eigenvalue weighted by Crippen LogP contribution is 2.35. The van der Waals surface area contributed by atoms with Crippen LogP contribution in [-0.2, 0) is 4.79 Å². The van der Waals surface area contributed by atoms with E-state index in [4.69, 9.17) is 12.2 Å². The number of hydrogen-bond donors (Lipinski definition) is 3. The van der Waals surface area contributed by atoms with Gasteiger partial charge in [0.25, 0.3) is 0 Å². The number of para-hydroxylation sites is 1. The van der Waals surface area contributed by atoms with Crippen LogP contribution in [0.2, 0.25) is 0 Å². The summed E-state index contributed by atoms with van der Waals surface area (Å²) >= 11 is 8.21. The number of nitrogens with zero attached hydrogens (tertiary/aromatic N) is 1. The first-order valence-electron chi connectivity index (χ1n) is 10.8. The van der Waals surface area contributed by atoms with Crippen molar-refractivity contribution in [2.75, 3.05) is 16.0 Å². The minimum absolute atomic E-state index is 0.160. The fraction of sp³-hybridized carbons (Fsp3) is 0.0741. The third-order valence-electron chi connectivity index (χ3n) is 5.03. The summed E-state index contributed by atoms with van der Waals surface area (Å²) in [7, 11) is 0. The van der Waals surface area contributed by atoms with Crippen molar-refractivity contribution in [2.45, 2.75) is 17.1 Å². The van der Waals surface area contributed by atoms with E-state index in [1.807, 2.05) is 97.2 Å². The lowest BCUT2D eigenvalue weighted by atomic mass is 10.1. The van der Waals surface area contributed by atoms with Crippen LogP contribution in [0.25, 0.3) is 11.1 Å². The van der Waals surface area contributed by atoms with Gasteiger partial charge in [-0.1, -0.05) is 54.6 Å². The molecule has 0 spiro atoms. The van der Waals surface area contributed by atoms with Crippen LogP contribution in [0.4, 0.5) is 16.4 Å². The van der Waals surface area contributed by atoms with Crippen LogP contribution in [0.5, 0.6) is 0 Å². The largest absolute Gasteiger partial charge is 0.332 e. The number of nitriles is 1. The van der Waals surface area contributed by atoms with Crippen molar-refractivity contribution in [3.63, 3.8) is 0 Å². The summed E-state index contributed by atoms with van der Waals surface area (Å²) in [6, 6.07) is 29.4. The van der Waals surface area contributed by atoms with Crippen LogP contribution < -0.4 is 16.0 Å². The highest BCUT2D eigenvalue weighted by molar-refractivity contribution is 8.00. The van der Waals surface area contributed by atoms with Crippen molar-refractivity contribution < 1.29 is 4.79 Å². The summed E-state index contributed by atoms with van der Waals surface area (Å²) in [5.74, 6) is -0.160. The first kappa shape index (κ1) is 24.5. The van der Waals surface area contributed by atoms with Gasteiger partial charge in [0.1, 0.15) is 11.1 Å². The summed E-state index contributed by atoms with van der Waals surface area (Å²) in [5, 5.41) is 21.6. The molecule has 0 aliphatic rings. The minimum atomic E-state index is -0.367. The first-order chi connectivity index (χ1) is 17.0. The Hall–Kier alpha value is -3.64. The summed E-state index contributed by atoms with van der Waals surface area (Å²) in [5.41, 5.74) is 3.99. The average Bonchev–Trinajstić information content (AvgIpc) is 3.27. The fourth-order valence-electron chi connectivity index (χ4n) is 3.32. The lowest BCUT2D eigenvalue weighted by molar-refractivity contribution is -0.115. The van der Waals surface area contributed by atoms with Gasteiger partial charge in [-0.25, -0.2) is 0 Å². The monoisotopic (exact) mass is 514 g/mol. The Morgan fingerprint density at radius 3 is 2.31 bits per heavy atom. The molecular formula is C27H22N4OS3. The minimum Gasteiger partial charge on any atom is -0.332 e. The second kappa shape index (κ2) is 11.7. The molecule has 8 heteroatoms. The van der Waals surface area contributed by atoms with Crippen LogP contribution in [-0.4, -0.2) is 16.3 Å². The normalized spacial score (nSPS) is 11.2. The molecule has 0 saturated carbocycles. The molecule has 0 bridgehead atoms. The summed E-state index contributed by atoms with van der Waals surface area (Å²) in [6.07, 6.45) is 0. The molecule has 1 aromatic heterocycles. The molecule has 174 valence electrons. The molecular weight excluding hydrogens is 493 g/mol. The van der Waals surface area contributed by atoms with Crippen LogP contribution in [0.15, 0.2) is 95.2 Å². The number of thioether (sulfide) groups is 1. The number of carbonyl (C=O) groups excluding carboxylic acids is 1. The molecule has 4 rings (SSSR count). The zero-order valence-corrected chi connectivity index (χ0v) is 21.3. The topological polar surface area (TPSA) is 76.9 Å². The number of thiocarbonyl (C=S) groups is 1. The molecule has 0 aliphatic heterocycles. The van der Waals surface area contributed by atoms with Gasteiger partial charge in [0.15, 0.2) is 5.11 Å².